The van der Waals surface area contributed by atoms with Crippen LogP contribution in [-0.4, -0.2) is 87.6 Å². The van der Waals surface area contributed by atoms with Crippen molar-refractivity contribution >= 4 is 60.7 Å². The third-order valence-electron chi connectivity index (χ3n) is 6.05. The fraction of sp³-hybridized carbons (Fsp3) is 0.571. The first-order chi connectivity index (χ1) is 21.6. The highest BCUT2D eigenvalue weighted by molar-refractivity contribution is 7.16. The molecule has 12 nitrogen and oxygen atoms in total. The van der Waals surface area contributed by atoms with Crippen molar-refractivity contribution in [3.05, 3.63) is 49.8 Å². The molecule has 0 aromatic carbocycles. The molecule has 6 heterocycles. The average Bonchev–Trinajstić information content (AvgIpc) is 3.88. The topological polar surface area (TPSA) is 133 Å². The molecule has 0 atom stereocenters. The molecule has 6 rings (SSSR count). The Labute approximate surface area is 276 Å². The molecule has 0 unspecified atom stereocenters. The molecule has 244 valence electrons. The fourth-order valence-electron chi connectivity index (χ4n) is 4.06. The first-order valence-corrected chi connectivity index (χ1v) is 17.5. The molecule has 0 radical (unpaired) electrons. The number of nitrogens with zero attached hydrogens (tertiary/aromatic N) is 6. The van der Waals surface area contributed by atoms with E-state index in [-0.39, 0.29) is 0 Å². The summed E-state index contributed by atoms with van der Waals surface area (Å²) in [7, 11) is 6.76. The van der Waals surface area contributed by atoms with Gasteiger partial charge in [0.25, 0.3) is 0 Å². The average molecular weight is 685 g/mol. The second-order valence-electron chi connectivity index (χ2n) is 9.51. The lowest BCUT2D eigenvalue weighted by Crippen LogP contribution is -2.43. The van der Waals surface area contributed by atoms with E-state index in [1.54, 1.807) is 74.2 Å². The maximum absolute atomic E-state index is 5.36. The van der Waals surface area contributed by atoms with Gasteiger partial charge in [-0.25, -0.2) is 15.0 Å². The Morgan fingerprint density at radius 2 is 1.14 bits per heavy atom. The number of piperazine rings is 1. The first kappa shape index (κ1) is 36.2. The van der Waals surface area contributed by atoms with Gasteiger partial charge in [0.05, 0.1) is 51.4 Å². The van der Waals surface area contributed by atoms with Gasteiger partial charge in [0.1, 0.15) is 0 Å². The fourth-order valence-corrected chi connectivity index (χ4v) is 7.15. The molecule has 0 amide bonds. The summed E-state index contributed by atoms with van der Waals surface area (Å²) in [4.78, 5) is 25.8. The Bertz CT molecular complexity index is 1260. The summed E-state index contributed by atoms with van der Waals surface area (Å²) in [6.07, 6.45) is 9.98. The van der Waals surface area contributed by atoms with Crippen molar-refractivity contribution in [2.75, 3.05) is 83.2 Å². The van der Waals surface area contributed by atoms with Crippen molar-refractivity contribution in [3.63, 3.8) is 0 Å². The van der Waals surface area contributed by atoms with E-state index in [9.17, 15) is 0 Å². The summed E-state index contributed by atoms with van der Waals surface area (Å²) in [5, 5.41) is 6.21. The number of thiazole rings is 4. The highest BCUT2D eigenvalue weighted by Crippen LogP contribution is 2.26. The monoisotopic (exact) mass is 684 g/mol. The molecule has 2 fully saturated rings. The largest absolute Gasteiger partial charge is 0.379 e. The number of nitrogens with two attached hydrogens (primary N) is 1. The zero-order valence-electron chi connectivity index (χ0n) is 25.9. The van der Waals surface area contributed by atoms with Gasteiger partial charge in [0, 0.05) is 92.5 Å². The van der Waals surface area contributed by atoms with Gasteiger partial charge >= 0.3 is 0 Å². The predicted molar refractivity (Wildman–Crippen MR) is 182 cm³/mol. The van der Waals surface area contributed by atoms with E-state index in [1.165, 1.54) is 51.9 Å². The number of anilines is 3. The van der Waals surface area contributed by atoms with Crippen molar-refractivity contribution in [2.24, 2.45) is 0 Å². The minimum atomic E-state index is 0.599. The van der Waals surface area contributed by atoms with Crippen LogP contribution < -0.4 is 20.9 Å². The van der Waals surface area contributed by atoms with Gasteiger partial charge in [0.2, 0.25) is 0 Å². The maximum atomic E-state index is 5.36. The molecule has 4 aromatic rings. The third kappa shape index (κ3) is 13.4. The SMILES string of the molecule is COCc1cnc(N)s1.COCc1cnc(N2CCCC2)s1.COCc1cnc(N2CCNCC2)s1.COCc1cncs1. The molecule has 2 aliphatic heterocycles. The van der Waals surface area contributed by atoms with Crippen LogP contribution >= 0.6 is 45.3 Å². The van der Waals surface area contributed by atoms with Gasteiger partial charge in [-0.15, -0.1) is 11.3 Å². The molecule has 0 aliphatic carbocycles. The highest BCUT2D eigenvalue weighted by Gasteiger charge is 2.15. The van der Waals surface area contributed by atoms with Crippen molar-refractivity contribution in [3.8, 4) is 0 Å². The molecule has 0 spiro atoms. The standard InChI is InChI=1S/C9H15N3OS.C9H14N2OS.C5H8N2OS.C5H7NOS/c1-13-7-8-6-11-9(14-8)12-4-2-10-3-5-12;1-12-7-8-6-10-9(13-8)11-4-2-3-5-11;1-8-3-4-2-7-5(6)9-4;1-7-3-5-2-6-4-8-5/h6,10H,2-5,7H2,1H3;6H,2-5,7H2,1H3;2H,3H2,1H3,(H2,6,7);2,4H,3H2,1H3. The van der Waals surface area contributed by atoms with Crippen LogP contribution in [0.1, 0.15) is 32.4 Å². The van der Waals surface area contributed by atoms with Gasteiger partial charge in [-0.05, 0) is 12.8 Å². The van der Waals surface area contributed by atoms with E-state index >= 15 is 0 Å². The van der Waals surface area contributed by atoms with E-state index in [0.29, 0.717) is 31.6 Å². The van der Waals surface area contributed by atoms with E-state index in [0.717, 1.165) is 41.3 Å². The van der Waals surface area contributed by atoms with E-state index in [2.05, 4.69) is 35.1 Å². The molecule has 44 heavy (non-hydrogen) atoms. The summed E-state index contributed by atoms with van der Waals surface area (Å²) < 4.78 is 19.8. The summed E-state index contributed by atoms with van der Waals surface area (Å²) in [6, 6.07) is 0. The third-order valence-corrected chi connectivity index (χ3v) is 9.66. The van der Waals surface area contributed by atoms with Crippen LogP contribution in [0, 0.1) is 0 Å². The van der Waals surface area contributed by atoms with Crippen LogP contribution in [0.3, 0.4) is 0 Å². The first-order valence-electron chi connectivity index (χ1n) is 14.2. The van der Waals surface area contributed by atoms with Crippen LogP contribution in [0.4, 0.5) is 15.4 Å². The number of hydrogen-bond donors (Lipinski definition) is 2. The van der Waals surface area contributed by atoms with Gasteiger partial charge in [-0.3, -0.25) is 4.98 Å². The van der Waals surface area contributed by atoms with Crippen molar-refractivity contribution < 1.29 is 18.9 Å². The summed E-state index contributed by atoms with van der Waals surface area (Å²) >= 11 is 6.54. The Balaban J connectivity index is 0.000000165. The highest BCUT2D eigenvalue weighted by atomic mass is 32.1. The molecule has 2 aliphatic rings. The van der Waals surface area contributed by atoms with Crippen LogP contribution in [-0.2, 0) is 45.4 Å². The summed E-state index contributed by atoms with van der Waals surface area (Å²) in [6.45, 7) is 9.20. The lowest BCUT2D eigenvalue weighted by Gasteiger charge is -2.26. The zero-order chi connectivity index (χ0) is 31.4. The number of aromatic nitrogens is 4. The molecule has 16 heteroatoms. The Hall–Kier alpha value is -2.28. The van der Waals surface area contributed by atoms with E-state index in [4.69, 9.17) is 24.7 Å². The smallest absolute Gasteiger partial charge is 0.185 e. The lowest BCUT2D eigenvalue weighted by atomic mass is 10.4. The molecule has 0 bridgehead atoms. The Morgan fingerprint density at radius 3 is 1.59 bits per heavy atom. The Morgan fingerprint density at radius 1 is 0.659 bits per heavy atom. The van der Waals surface area contributed by atoms with Gasteiger partial charge in [-0.2, -0.15) is 0 Å². The molecular formula is C28H44N8O4S4. The van der Waals surface area contributed by atoms with Crippen molar-refractivity contribution in [2.45, 2.75) is 39.3 Å². The minimum absolute atomic E-state index is 0.599. The molecule has 4 aromatic heterocycles. The van der Waals surface area contributed by atoms with Gasteiger partial charge in [0.15, 0.2) is 15.4 Å². The minimum Gasteiger partial charge on any atom is -0.379 e. The number of nitrogen functional groups attached to an aromatic ring is 1. The number of hydrogen-bond acceptors (Lipinski definition) is 16. The van der Waals surface area contributed by atoms with Crippen molar-refractivity contribution in [1.82, 2.24) is 25.3 Å². The Kier molecular flexibility index (Phi) is 17.6. The van der Waals surface area contributed by atoms with Gasteiger partial charge < -0.3 is 39.8 Å². The molecule has 3 N–H and O–H groups in total. The quantitative estimate of drug-likeness (QED) is 0.239. The van der Waals surface area contributed by atoms with Crippen LogP contribution in [0.25, 0.3) is 0 Å². The summed E-state index contributed by atoms with van der Waals surface area (Å²) in [5.41, 5.74) is 7.16. The number of rotatable bonds is 10. The maximum Gasteiger partial charge on any atom is 0.185 e. The second kappa shape index (κ2) is 21.5. The number of ether oxygens (including phenoxy) is 4. The zero-order valence-corrected chi connectivity index (χ0v) is 29.2. The van der Waals surface area contributed by atoms with Crippen LogP contribution in [0.15, 0.2) is 30.3 Å². The van der Waals surface area contributed by atoms with Crippen molar-refractivity contribution in [1.29, 1.82) is 0 Å². The van der Waals surface area contributed by atoms with Crippen LogP contribution in [0.5, 0.6) is 0 Å². The normalized spacial score (nSPS) is 14.3. The van der Waals surface area contributed by atoms with Gasteiger partial charge in [-0.1, -0.05) is 34.0 Å². The predicted octanol–water partition coefficient (Wildman–Crippen LogP) is 4.75. The number of methoxy groups -OCH3 is 4. The molecule has 2 saturated heterocycles. The number of nitrogens with one attached hydrogen (secondary N) is 1. The lowest BCUT2D eigenvalue weighted by molar-refractivity contribution is 0.187. The molecule has 0 saturated carbocycles. The molecular weight excluding hydrogens is 641 g/mol. The van der Waals surface area contributed by atoms with E-state index in [1.807, 2.05) is 18.6 Å². The van der Waals surface area contributed by atoms with Crippen LogP contribution in [0.2, 0.25) is 0 Å². The second-order valence-corrected chi connectivity index (χ2v) is 13.8. The summed E-state index contributed by atoms with van der Waals surface area (Å²) in [5.74, 6) is 0. The van der Waals surface area contributed by atoms with E-state index < -0.39 is 0 Å².